The maximum absolute atomic E-state index is 13.9. The van der Waals surface area contributed by atoms with Gasteiger partial charge in [-0.2, -0.15) is 5.10 Å². The van der Waals surface area contributed by atoms with Crippen molar-refractivity contribution in [3.63, 3.8) is 0 Å². The second-order valence-electron chi connectivity index (χ2n) is 7.95. The molecule has 2 heterocycles. The Kier molecular flexibility index (Phi) is 7.90. The van der Waals surface area contributed by atoms with Crippen LogP contribution in [-0.2, 0) is 16.4 Å². The summed E-state index contributed by atoms with van der Waals surface area (Å²) in [5, 5.41) is 10.4. The van der Waals surface area contributed by atoms with Crippen LogP contribution in [0.4, 0.5) is 5.69 Å². The lowest BCUT2D eigenvalue weighted by Crippen LogP contribution is -2.43. The van der Waals surface area contributed by atoms with E-state index >= 15 is 0 Å². The van der Waals surface area contributed by atoms with Gasteiger partial charge in [0.2, 0.25) is 9.84 Å². The molecule has 33 heavy (non-hydrogen) atoms. The van der Waals surface area contributed by atoms with Gasteiger partial charge in [-0.05, 0) is 36.1 Å². The molecule has 0 radical (unpaired) electrons. The molecule has 1 aliphatic heterocycles. The second-order valence-corrected chi connectivity index (χ2v) is 9.78. The van der Waals surface area contributed by atoms with Gasteiger partial charge in [-0.1, -0.05) is 43.3 Å². The van der Waals surface area contributed by atoms with E-state index in [0.29, 0.717) is 16.8 Å². The van der Waals surface area contributed by atoms with Gasteiger partial charge in [-0.3, -0.25) is 4.68 Å². The van der Waals surface area contributed by atoms with E-state index in [2.05, 4.69) is 28.3 Å². The number of hydrogen-bond donors (Lipinski definition) is 1. The predicted octanol–water partition coefficient (Wildman–Crippen LogP) is 4.69. The average Bonchev–Trinajstić information content (AvgIpc) is 3.18. The Morgan fingerprint density at radius 1 is 0.939 bits per heavy atom. The Hall–Kier alpha value is -2.32. The van der Waals surface area contributed by atoms with Crippen molar-refractivity contribution in [2.24, 2.45) is 0 Å². The highest BCUT2D eigenvalue weighted by Crippen LogP contribution is 2.34. The Bertz CT molecular complexity index is 1360. The van der Waals surface area contributed by atoms with E-state index in [1.165, 1.54) is 0 Å². The maximum Gasteiger partial charge on any atom is 0.226 e. The van der Waals surface area contributed by atoms with Crippen LogP contribution in [0.2, 0.25) is 0 Å². The van der Waals surface area contributed by atoms with Gasteiger partial charge >= 0.3 is 0 Å². The Morgan fingerprint density at radius 2 is 1.67 bits per heavy atom. The van der Waals surface area contributed by atoms with Crippen molar-refractivity contribution in [2.45, 2.75) is 29.8 Å². The lowest BCUT2D eigenvalue weighted by atomic mass is 10.1. The molecule has 3 aromatic carbocycles. The van der Waals surface area contributed by atoms with Crippen LogP contribution >= 0.6 is 24.8 Å². The first-order chi connectivity index (χ1) is 15.1. The fourth-order valence-corrected chi connectivity index (χ4v) is 5.97. The fourth-order valence-electron chi connectivity index (χ4n) is 4.37. The minimum Gasteiger partial charge on any atom is -0.369 e. The summed E-state index contributed by atoms with van der Waals surface area (Å²) in [4.78, 5) is 2.60. The highest BCUT2D eigenvalue weighted by atomic mass is 35.5. The molecule has 0 atom stereocenters. The first-order valence-corrected chi connectivity index (χ1v) is 12.3. The zero-order valence-electron chi connectivity index (χ0n) is 18.4. The van der Waals surface area contributed by atoms with Gasteiger partial charge in [0.1, 0.15) is 0 Å². The minimum absolute atomic E-state index is 0. The third-order valence-electron chi connectivity index (χ3n) is 5.91. The summed E-state index contributed by atoms with van der Waals surface area (Å²) in [5.74, 6) is 0. The van der Waals surface area contributed by atoms with Gasteiger partial charge in [0.25, 0.3) is 0 Å². The van der Waals surface area contributed by atoms with Crippen LogP contribution in [0, 0.1) is 0 Å². The van der Waals surface area contributed by atoms with E-state index in [-0.39, 0.29) is 29.8 Å². The normalized spacial score (nSPS) is 14.2. The maximum atomic E-state index is 13.9. The number of nitrogens with one attached hydrogen (secondary N) is 1. The molecular weight excluding hydrogens is 479 g/mol. The molecule has 9 heteroatoms. The van der Waals surface area contributed by atoms with Crippen molar-refractivity contribution in [1.29, 1.82) is 0 Å². The van der Waals surface area contributed by atoms with Gasteiger partial charge in [0, 0.05) is 49.2 Å². The summed E-state index contributed by atoms with van der Waals surface area (Å²) in [6.45, 7) is 6.40. The first kappa shape index (κ1) is 25.3. The molecule has 1 N–H and O–H groups in total. The molecule has 176 valence electrons. The van der Waals surface area contributed by atoms with E-state index < -0.39 is 9.84 Å². The van der Waals surface area contributed by atoms with Crippen molar-refractivity contribution in [3.05, 3.63) is 60.7 Å². The highest BCUT2D eigenvalue weighted by molar-refractivity contribution is 7.91. The van der Waals surface area contributed by atoms with E-state index in [4.69, 9.17) is 0 Å². The minimum atomic E-state index is -3.80. The molecule has 0 amide bonds. The Labute approximate surface area is 206 Å². The zero-order chi connectivity index (χ0) is 21.4. The van der Waals surface area contributed by atoms with Crippen LogP contribution in [0.15, 0.2) is 70.6 Å². The molecule has 0 saturated carbocycles. The van der Waals surface area contributed by atoms with E-state index in [1.807, 2.05) is 47.1 Å². The van der Waals surface area contributed by atoms with Crippen LogP contribution in [0.25, 0.3) is 21.7 Å². The number of aryl methyl sites for hydroxylation is 1. The van der Waals surface area contributed by atoms with Gasteiger partial charge in [0.15, 0.2) is 5.03 Å². The summed E-state index contributed by atoms with van der Waals surface area (Å²) in [6, 6.07) is 19.1. The number of rotatable bonds is 5. The van der Waals surface area contributed by atoms with Crippen molar-refractivity contribution in [1.82, 2.24) is 15.1 Å². The predicted molar refractivity (Wildman–Crippen MR) is 139 cm³/mol. The number of nitrogens with zero attached hydrogens (tertiary/aromatic N) is 3. The molecule has 1 aliphatic rings. The molecule has 0 spiro atoms. The summed E-state index contributed by atoms with van der Waals surface area (Å²) < 4.78 is 29.6. The largest absolute Gasteiger partial charge is 0.369 e. The fraction of sp³-hybridized carbons (Fsp3) is 0.292. The summed E-state index contributed by atoms with van der Waals surface area (Å²) in [5.41, 5.74) is 1.90. The number of benzene rings is 3. The number of halogens is 2. The molecule has 0 aliphatic carbocycles. The highest BCUT2D eigenvalue weighted by Gasteiger charge is 2.27. The number of aromatic nitrogens is 2. The number of piperazine rings is 1. The molecule has 1 fully saturated rings. The summed E-state index contributed by atoms with van der Waals surface area (Å²) in [7, 11) is -3.80. The van der Waals surface area contributed by atoms with E-state index in [9.17, 15) is 8.42 Å². The third kappa shape index (κ3) is 4.55. The van der Waals surface area contributed by atoms with Gasteiger partial charge in [-0.25, -0.2) is 8.42 Å². The van der Waals surface area contributed by atoms with Gasteiger partial charge in [-0.15, -0.1) is 24.8 Å². The molecule has 5 rings (SSSR count). The number of hydrogen-bond acceptors (Lipinski definition) is 5. The second kappa shape index (κ2) is 10.3. The van der Waals surface area contributed by atoms with Crippen LogP contribution < -0.4 is 10.2 Å². The lowest BCUT2D eigenvalue weighted by Gasteiger charge is -2.29. The topological polar surface area (TPSA) is 67.2 Å². The van der Waals surface area contributed by atoms with E-state index in [1.54, 1.807) is 12.1 Å². The molecule has 0 bridgehead atoms. The Morgan fingerprint density at radius 3 is 2.42 bits per heavy atom. The molecule has 4 aromatic rings. The summed E-state index contributed by atoms with van der Waals surface area (Å²) in [6.07, 6.45) is 0.879. The number of anilines is 1. The molecule has 1 aromatic heterocycles. The SMILES string of the molecule is CCCn1nc(S(=O)(=O)c2cccc3ccccc23)c2cc(N3CCNCC3)ccc21.Cl.Cl. The van der Waals surface area contributed by atoms with Gasteiger partial charge < -0.3 is 10.2 Å². The molecule has 1 saturated heterocycles. The van der Waals surface area contributed by atoms with Gasteiger partial charge in [0.05, 0.1) is 10.4 Å². The van der Waals surface area contributed by atoms with Crippen LogP contribution in [0.1, 0.15) is 13.3 Å². The zero-order valence-corrected chi connectivity index (χ0v) is 20.8. The van der Waals surface area contributed by atoms with E-state index in [0.717, 1.165) is 54.6 Å². The van der Waals surface area contributed by atoms with Crippen LogP contribution in [-0.4, -0.2) is 44.4 Å². The van der Waals surface area contributed by atoms with Crippen molar-refractivity contribution in [2.75, 3.05) is 31.1 Å². The van der Waals surface area contributed by atoms with Crippen molar-refractivity contribution >= 4 is 62.0 Å². The first-order valence-electron chi connectivity index (χ1n) is 10.8. The Balaban J connectivity index is 0.00000153. The molecular formula is C24H28Cl2N4O2S. The molecule has 0 unspecified atom stereocenters. The molecule has 6 nitrogen and oxygen atoms in total. The number of fused-ring (bicyclic) bond motifs is 2. The quantitative estimate of drug-likeness (QED) is 0.425. The monoisotopic (exact) mass is 506 g/mol. The average molecular weight is 507 g/mol. The smallest absolute Gasteiger partial charge is 0.226 e. The lowest BCUT2D eigenvalue weighted by molar-refractivity contribution is 0.575. The summed E-state index contributed by atoms with van der Waals surface area (Å²) >= 11 is 0. The van der Waals surface area contributed by atoms with Crippen LogP contribution in [0.5, 0.6) is 0 Å². The third-order valence-corrected chi connectivity index (χ3v) is 7.66. The standard InChI is InChI=1S/C24H26N4O2S.2ClH/c1-2-14-28-22-11-10-19(27-15-12-25-13-16-27)17-21(22)24(26-28)31(29,30)23-9-5-7-18-6-3-4-8-20(18)23;;/h3-11,17,25H,2,12-16H2,1H3;2*1H. The van der Waals surface area contributed by atoms with Crippen molar-refractivity contribution < 1.29 is 8.42 Å². The van der Waals surface area contributed by atoms with Crippen LogP contribution in [0.3, 0.4) is 0 Å². The number of sulfone groups is 1. The van der Waals surface area contributed by atoms with Crippen molar-refractivity contribution in [3.8, 4) is 0 Å².